The van der Waals surface area contributed by atoms with E-state index in [9.17, 15) is 9.59 Å². The molecular formula is C12H22N2O4. The smallest absolute Gasteiger partial charge is 0.404 e. The van der Waals surface area contributed by atoms with Crippen molar-refractivity contribution >= 4 is 12.2 Å². The van der Waals surface area contributed by atoms with Gasteiger partial charge >= 0.3 is 12.2 Å². The number of carboxylic acid groups (broad SMARTS) is 2. The summed E-state index contributed by atoms with van der Waals surface area (Å²) in [6, 6.07) is 0.485. The number of nitrogens with one attached hydrogen (secondary N) is 2. The lowest BCUT2D eigenvalue weighted by Crippen LogP contribution is -2.38. The van der Waals surface area contributed by atoms with Crippen molar-refractivity contribution in [1.29, 1.82) is 0 Å². The molecule has 2 rings (SSSR count). The van der Waals surface area contributed by atoms with Crippen LogP contribution < -0.4 is 10.6 Å². The molecule has 0 aromatic carbocycles. The summed E-state index contributed by atoms with van der Waals surface area (Å²) in [5, 5.41) is 21.4. The van der Waals surface area contributed by atoms with E-state index in [1.54, 1.807) is 0 Å². The van der Waals surface area contributed by atoms with Crippen LogP contribution in [0, 0.1) is 0 Å². The standard InChI is InChI=1S/C7H13NO2.C5H9NO2/c9-7(10)8-6-4-2-1-3-5-6;7-5(8)6-4-2-1-3-4/h6,8H,1-5H2,(H,9,10);4,6H,1-3H2,(H,7,8). The monoisotopic (exact) mass is 258 g/mol. The van der Waals surface area contributed by atoms with E-state index in [2.05, 4.69) is 10.6 Å². The summed E-state index contributed by atoms with van der Waals surface area (Å²) in [5.41, 5.74) is 0. The summed E-state index contributed by atoms with van der Waals surface area (Å²) in [6.07, 6.45) is 7.08. The molecule has 6 heteroatoms. The Labute approximate surface area is 107 Å². The summed E-state index contributed by atoms with van der Waals surface area (Å²) >= 11 is 0. The summed E-state index contributed by atoms with van der Waals surface area (Å²) in [7, 11) is 0. The van der Waals surface area contributed by atoms with Gasteiger partial charge in [0, 0.05) is 12.1 Å². The Morgan fingerprint density at radius 3 is 1.39 bits per heavy atom. The average molecular weight is 258 g/mol. The van der Waals surface area contributed by atoms with E-state index in [0.29, 0.717) is 0 Å². The molecule has 2 saturated carbocycles. The SMILES string of the molecule is O=C(O)NC1CCC1.O=C(O)NC1CCCCC1. The van der Waals surface area contributed by atoms with Crippen molar-refractivity contribution in [2.45, 2.75) is 63.5 Å². The van der Waals surface area contributed by atoms with E-state index in [0.717, 1.165) is 25.7 Å². The van der Waals surface area contributed by atoms with Gasteiger partial charge in [-0.05, 0) is 32.1 Å². The fraction of sp³-hybridized carbons (Fsp3) is 0.833. The van der Waals surface area contributed by atoms with Gasteiger partial charge in [0.05, 0.1) is 0 Å². The topological polar surface area (TPSA) is 98.7 Å². The van der Waals surface area contributed by atoms with E-state index in [4.69, 9.17) is 10.2 Å². The van der Waals surface area contributed by atoms with E-state index in [-0.39, 0.29) is 12.1 Å². The van der Waals surface area contributed by atoms with E-state index in [1.807, 2.05) is 0 Å². The molecule has 0 heterocycles. The zero-order valence-electron chi connectivity index (χ0n) is 10.5. The molecular weight excluding hydrogens is 236 g/mol. The highest BCUT2D eigenvalue weighted by Gasteiger charge is 2.18. The van der Waals surface area contributed by atoms with Crippen LogP contribution in [-0.2, 0) is 0 Å². The molecule has 0 radical (unpaired) electrons. The van der Waals surface area contributed by atoms with Gasteiger partial charge in [0.15, 0.2) is 0 Å². The Bertz CT molecular complexity index is 273. The lowest BCUT2D eigenvalue weighted by atomic mass is 9.93. The van der Waals surface area contributed by atoms with Crippen molar-refractivity contribution < 1.29 is 19.8 Å². The Balaban J connectivity index is 0.000000184. The van der Waals surface area contributed by atoms with E-state index in [1.165, 1.54) is 25.7 Å². The van der Waals surface area contributed by atoms with Crippen LogP contribution in [0.3, 0.4) is 0 Å². The summed E-state index contributed by atoms with van der Waals surface area (Å²) < 4.78 is 0. The van der Waals surface area contributed by atoms with Crippen molar-refractivity contribution in [1.82, 2.24) is 10.6 Å². The first kappa shape index (κ1) is 14.6. The maximum atomic E-state index is 10.2. The predicted molar refractivity (Wildman–Crippen MR) is 66.8 cm³/mol. The molecule has 2 aliphatic rings. The molecule has 0 aromatic rings. The van der Waals surface area contributed by atoms with Gasteiger partial charge in [0.25, 0.3) is 0 Å². The number of hydrogen-bond donors (Lipinski definition) is 4. The first-order chi connectivity index (χ1) is 8.58. The van der Waals surface area contributed by atoms with Gasteiger partial charge in [0.2, 0.25) is 0 Å². The maximum Gasteiger partial charge on any atom is 0.404 e. The van der Waals surface area contributed by atoms with Gasteiger partial charge in [-0.2, -0.15) is 0 Å². The molecule has 0 atom stereocenters. The van der Waals surface area contributed by atoms with Gasteiger partial charge in [-0.3, -0.25) is 0 Å². The fourth-order valence-electron chi connectivity index (χ4n) is 2.15. The van der Waals surface area contributed by atoms with Gasteiger partial charge in [0.1, 0.15) is 0 Å². The van der Waals surface area contributed by atoms with Crippen LogP contribution in [0.15, 0.2) is 0 Å². The van der Waals surface area contributed by atoms with Crippen molar-refractivity contribution in [3.63, 3.8) is 0 Å². The molecule has 18 heavy (non-hydrogen) atoms. The molecule has 0 bridgehead atoms. The molecule has 4 N–H and O–H groups in total. The predicted octanol–water partition coefficient (Wildman–Crippen LogP) is 2.39. The largest absolute Gasteiger partial charge is 0.465 e. The summed E-state index contributed by atoms with van der Waals surface area (Å²) in [4.78, 5) is 20.0. The third-order valence-electron chi connectivity index (χ3n) is 3.37. The van der Waals surface area contributed by atoms with Gasteiger partial charge in [-0.15, -0.1) is 0 Å². The fourth-order valence-corrected chi connectivity index (χ4v) is 2.15. The van der Waals surface area contributed by atoms with Crippen molar-refractivity contribution in [3.8, 4) is 0 Å². The molecule has 104 valence electrons. The van der Waals surface area contributed by atoms with Crippen LogP contribution in [0.5, 0.6) is 0 Å². The van der Waals surface area contributed by atoms with Crippen LogP contribution in [0.4, 0.5) is 9.59 Å². The van der Waals surface area contributed by atoms with E-state index >= 15 is 0 Å². The van der Waals surface area contributed by atoms with Crippen LogP contribution in [0.25, 0.3) is 0 Å². The normalized spacial score (nSPS) is 20.0. The van der Waals surface area contributed by atoms with Crippen LogP contribution in [0.2, 0.25) is 0 Å². The molecule has 2 aliphatic carbocycles. The first-order valence-electron chi connectivity index (χ1n) is 6.57. The second kappa shape index (κ2) is 7.79. The third-order valence-corrected chi connectivity index (χ3v) is 3.37. The second-order valence-corrected chi connectivity index (χ2v) is 4.86. The molecule has 2 amide bonds. The zero-order valence-corrected chi connectivity index (χ0v) is 10.5. The van der Waals surface area contributed by atoms with Gasteiger partial charge < -0.3 is 20.8 Å². The number of hydrogen-bond acceptors (Lipinski definition) is 2. The summed E-state index contributed by atoms with van der Waals surface area (Å²) in [6.45, 7) is 0. The Hall–Kier alpha value is -1.46. The maximum absolute atomic E-state index is 10.2. The van der Waals surface area contributed by atoms with Gasteiger partial charge in [-0.25, -0.2) is 9.59 Å². The summed E-state index contributed by atoms with van der Waals surface area (Å²) in [5.74, 6) is 0. The lowest BCUT2D eigenvalue weighted by Gasteiger charge is -2.24. The Morgan fingerprint density at radius 1 is 0.722 bits per heavy atom. The average Bonchev–Trinajstić information content (AvgIpc) is 2.25. The molecule has 0 saturated heterocycles. The van der Waals surface area contributed by atoms with Crippen molar-refractivity contribution in [3.05, 3.63) is 0 Å². The van der Waals surface area contributed by atoms with Crippen LogP contribution in [-0.4, -0.2) is 34.5 Å². The number of carbonyl (C=O) groups is 2. The third kappa shape index (κ3) is 6.32. The Morgan fingerprint density at radius 2 is 1.11 bits per heavy atom. The minimum Gasteiger partial charge on any atom is -0.465 e. The van der Waals surface area contributed by atoms with Gasteiger partial charge in [-0.1, -0.05) is 19.3 Å². The molecule has 2 fully saturated rings. The quantitative estimate of drug-likeness (QED) is 0.611. The van der Waals surface area contributed by atoms with E-state index < -0.39 is 12.2 Å². The minimum atomic E-state index is -0.894. The molecule has 0 aliphatic heterocycles. The minimum absolute atomic E-state index is 0.228. The zero-order chi connectivity index (χ0) is 13.4. The molecule has 6 nitrogen and oxygen atoms in total. The highest BCUT2D eigenvalue weighted by molar-refractivity contribution is 5.65. The molecule has 0 unspecified atom stereocenters. The molecule has 0 spiro atoms. The first-order valence-corrected chi connectivity index (χ1v) is 6.57. The Kier molecular flexibility index (Phi) is 6.32. The second-order valence-electron chi connectivity index (χ2n) is 4.86. The van der Waals surface area contributed by atoms with Crippen molar-refractivity contribution in [2.75, 3.05) is 0 Å². The highest BCUT2D eigenvalue weighted by atomic mass is 16.4. The van der Waals surface area contributed by atoms with Crippen LogP contribution in [0.1, 0.15) is 51.4 Å². The number of amides is 2. The van der Waals surface area contributed by atoms with Crippen molar-refractivity contribution in [2.24, 2.45) is 0 Å². The lowest BCUT2D eigenvalue weighted by molar-refractivity contribution is 0.181. The highest BCUT2D eigenvalue weighted by Crippen LogP contribution is 2.17. The van der Waals surface area contributed by atoms with Crippen LogP contribution >= 0.6 is 0 Å². The molecule has 0 aromatic heterocycles. The number of rotatable bonds is 2.